The molecule has 2 aliphatic heterocycles. The zero-order chi connectivity index (χ0) is 14.1. The van der Waals surface area contributed by atoms with Crippen LogP contribution in [0.5, 0.6) is 0 Å². The minimum atomic E-state index is 0.712. The Hall–Kier alpha value is -0.580. The number of nitrogens with zero attached hydrogens (tertiary/aromatic N) is 2. The molecule has 3 rings (SSSR count). The Morgan fingerprint density at radius 2 is 2.05 bits per heavy atom. The van der Waals surface area contributed by atoms with Gasteiger partial charge < -0.3 is 10.6 Å². The monoisotopic (exact) mass is 337 g/mol. The highest BCUT2D eigenvalue weighted by atomic mass is 79.9. The summed E-state index contributed by atoms with van der Waals surface area (Å²) in [7, 11) is 2.30. The molecule has 2 heterocycles. The van der Waals surface area contributed by atoms with Crippen LogP contribution in [-0.2, 0) is 6.42 Å². The van der Waals surface area contributed by atoms with Crippen LogP contribution < -0.4 is 10.6 Å². The van der Waals surface area contributed by atoms with Crippen LogP contribution in [0, 0.1) is 0 Å². The SMILES string of the molecule is CN1C2CCC1CN(c1ccc(Br)cc1CCN)CC2. The highest BCUT2D eigenvalue weighted by Gasteiger charge is 2.34. The van der Waals surface area contributed by atoms with Crippen molar-refractivity contribution in [3.63, 3.8) is 0 Å². The summed E-state index contributed by atoms with van der Waals surface area (Å²) < 4.78 is 1.15. The third kappa shape index (κ3) is 2.74. The summed E-state index contributed by atoms with van der Waals surface area (Å²) in [6.07, 6.45) is 4.96. The third-order valence-corrected chi connectivity index (χ3v) is 5.44. The molecule has 0 saturated carbocycles. The molecule has 0 radical (unpaired) electrons. The maximum Gasteiger partial charge on any atom is 0.0400 e. The minimum absolute atomic E-state index is 0.712. The maximum absolute atomic E-state index is 5.78. The molecule has 0 amide bonds. The topological polar surface area (TPSA) is 32.5 Å². The number of rotatable bonds is 3. The first-order valence-electron chi connectivity index (χ1n) is 7.64. The fourth-order valence-electron chi connectivity index (χ4n) is 3.75. The first-order chi connectivity index (χ1) is 9.69. The van der Waals surface area contributed by atoms with Gasteiger partial charge in [0.15, 0.2) is 0 Å². The lowest BCUT2D eigenvalue weighted by molar-refractivity contribution is 0.254. The standard InChI is InChI=1S/C16H24BrN3/c1-19-14-3-4-15(19)11-20(9-7-14)16-5-2-13(17)10-12(16)6-8-18/h2,5,10,14-15H,3-4,6-9,11,18H2,1H3. The van der Waals surface area contributed by atoms with Gasteiger partial charge in [-0.15, -0.1) is 0 Å². The summed E-state index contributed by atoms with van der Waals surface area (Å²) >= 11 is 3.58. The predicted molar refractivity (Wildman–Crippen MR) is 88.3 cm³/mol. The Labute approximate surface area is 130 Å². The molecule has 2 N–H and O–H groups in total. The molecule has 0 aliphatic carbocycles. The van der Waals surface area contributed by atoms with Gasteiger partial charge in [-0.2, -0.15) is 0 Å². The number of fused-ring (bicyclic) bond motifs is 2. The van der Waals surface area contributed by atoms with Crippen molar-refractivity contribution >= 4 is 21.6 Å². The first kappa shape index (κ1) is 14.4. The largest absolute Gasteiger partial charge is 0.370 e. The molecule has 20 heavy (non-hydrogen) atoms. The van der Waals surface area contributed by atoms with E-state index in [0.29, 0.717) is 6.54 Å². The van der Waals surface area contributed by atoms with Gasteiger partial charge in [0.05, 0.1) is 0 Å². The molecule has 3 nitrogen and oxygen atoms in total. The van der Waals surface area contributed by atoms with Crippen molar-refractivity contribution < 1.29 is 0 Å². The maximum atomic E-state index is 5.78. The number of halogens is 1. The summed E-state index contributed by atoms with van der Waals surface area (Å²) in [4.78, 5) is 5.18. The summed E-state index contributed by atoms with van der Waals surface area (Å²) in [5, 5.41) is 0. The van der Waals surface area contributed by atoms with E-state index in [1.807, 2.05) is 0 Å². The van der Waals surface area contributed by atoms with Gasteiger partial charge in [0.25, 0.3) is 0 Å². The smallest absolute Gasteiger partial charge is 0.0400 e. The van der Waals surface area contributed by atoms with Crippen molar-refractivity contribution in [2.24, 2.45) is 5.73 Å². The number of benzene rings is 1. The lowest BCUT2D eigenvalue weighted by Crippen LogP contribution is -2.37. The van der Waals surface area contributed by atoms with Crippen molar-refractivity contribution in [1.82, 2.24) is 4.90 Å². The van der Waals surface area contributed by atoms with Gasteiger partial charge in [0, 0.05) is 35.3 Å². The second kappa shape index (κ2) is 6.04. The molecule has 2 bridgehead atoms. The molecule has 2 atom stereocenters. The minimum Gasteiger partial charge on any atom is -0.370 e. The van der Waals surface area contributed by atoms with E-state index >= 15 is 0 Å². The first-order valence-corrected chi connectivity index (χ1v) is 8.43. The second-order valence-electron chi connectivity index (χ2n) is 6.10. The zero-order valence-corrected chi connectivity index (χ0v) is 13.8. The molecule has 1 aromatic rings. The van der Waals surface area contributed by atoms with Crippen LogP contribution in [0.3, 0.4) is 0 Å². The summed E-state index contributed by atoms with van der Waals surface area (Å²) in [5.41, 5.74) is 8.55. The van der Waals surface area contributed by atoms with Crippen LogP contribution in [0.25, 0.3) is 0 Å². The predicted octanol–water partition coefficient (Wildman–Crippen LogP) is 2.62. The van der Waals surface area contributed by atoms with Crippen molar-refractivity contribution in [3.05, 3.63) is 28.2 Å². The van der Waals surface area contributed by atoms with Crippen LogP contribution >= 0.6 is 15.9 Å². The molecular formula is C16H24BrN3. The molecule has 2 saturated heterocycles. The number of anilines is 1. The Morgan fingerprint density at radius 1 is 1.25 bits per heavy atom. The van der Waals surface area contributed by atoms with Crippen LogP contribution in [0.1, 0.15) is 24.8 Å². The second-order valence-corrected chi connectivity index (χ2v) is 7.01. The molecule has 4 heteroatoms. The Morgan fingerprint density at radius 3 is 2.85 bits per heavy atom. The van der Waals surface area contributed by atoms with E-state index in [-0.39, 0.29) is 0 Å². The van der Waals surface area contributed by atoms with Crippen molar-refractivity contribution in [3.8, 4) is 0 Å². The number of hydrogen-bond donors (Lipinski definition) is 1. The van der Waals surface area contributed by atoms with Crippen molar-refractivity contribution in [2.75, 3.05) is 31.6 Å². The van der Waals surface area contributed by atoms with Gasteiger partial charge in [0.2, 0.25) is 0 Å². The normalized spacial score (nSPS) is 26.9. The summed E-state index contributed by atoms with van der Waals surface area (Å²) in [5.74, 6) is 0. The highest BCUT2D eigenvalue weighted by Crippen LogP contribution is 2.33. The van der Waals surface area contributed by atoms with Crippen molar-refractivity contribution in [2.45, 2.75) is 37.8 Å². The molecule has 2 fully saturated rings. The molecule has 2 aliphatic rings. The lowest BCUT2D eigenvalue weighted by atomic mass is 10.0. The van der Waals surface area contributed by atoms with Gasteiger partial charge >= 0.3 is 0 Å². The Kier molecular flexibility index (Phi) is 4.34. The van der Waals surface area contributed by atoms with E-state index in [1.165, 1.54) is 37.1 Å². The molecule has 0 aromatic heterocycles. The molecule has 1 aromatic carbocycles. The van der Waals surface area contributed by atoms with Crippen LogP contribution in [0.15, 0.2) is 22.7 Å². The van der Waals surface area contributed by atoms with Gasteiger partial charge in [-0.1, -0.05) is 15.9 Å². The number of nitrogens with two attached hydrogens (primary N) is 1. The average molecular weight is 338 g/mol. The van der Waals surface area contributed by atoms with Gasteiger partial charge in [-0.25, -0.2) is 0 Å². The van der Waals surface area contributed by atoms with Gasteiger partial charge in [-0.3, -0.25) is 4.90 Å². The lowest BCUT2D eigenvalue weighted by Gasteiger charge is -2.29. The molecular weight excluding hydrogens is 314 g/mol. The van der Waals surface area contributed by atoms with Crippen LogP contribution in [-0.4, -0.2) is 43.7 Å². The van der Waals surface area contributed by atoms with E-state index in [4.69, 9.17) is 5.73 Å². The van der Waals surface area contributed by atoms with E-state index in [1.54, 1.807) is 0 Å². The fourth-order valence-corrected chi connectivity index (χ4v) is 4.15. The van der Waals surface area contributed by atoms with E-state index in [2.05, 4.69) is 51.0 Å². The Balaban J connectivity index is 1.85. The van der Waals surface area contributed by atoms with E-state index < -0.39 is 0 Å². The van der Waals surface area contributed by atoms with Gasteiger partial charge in [-0.05, 0) is 63.0 Å². The van der Waals surface area contributed by atoms with E-state index in [0.717, 1.165) is 29.5 Å². The van der Waals surface area contributed by atoms with Crippen LogP contribution in [0.4, 0.5) is 5.69 Å². The molecule has 0 spiro atoms. The number of hydrogen-bond acceptors (Lipinski definition) is 3. The highest BCUT2D eigenvalue weighted by molar-refractivity contribution is 9.10. The van der Waals surface area contributed by atoms with Crippen molar-refractivity contribution in [1.29, 1.82) is 0 Å². The quantitative estimate of drug-likeness (QED) is 0.920. The van der Waals surface area contributed by atoms with Gasteiger partial charge in [0.1, 0.15) is 0 Å². The zero-order valence-electron chi connectivity index (χ0n) is 12.2. The Bertz CT molecular complexity index is 477. The third-order valence-electron chi connectivity index (χ3n) is 4.94. The molecule has 2 unspecified atom stereocenters. The summed E-state index contributed by atoms with van der Waals surface area (Å²) in [6, 6.07) is 8.15. The van der Waals surface area contributed by atoms with Crippen LogP contribution in [0.2, 0.25) is 0 Å². The summed E-state index contributed by atoms with van der Waals surface area (Å²) in [6.45, 7) is 3.04. The molecule has 110 valence electrons. The fraction of sp³-hybridized carbons (Fsp3) is 0.625. The number of likely N-dealkylation sites (N-methyl/N-ethyl adjacent to an activating group) is 1. The average Bonchev–Trinajstić information content (AvgIpc) is 2.65. The van der Waals surface area contributed by atoms with E-state index in [9.17, 15) is 0 Å².